The molecule has 0 unspecified atom stereocenters. The molecule has 4 heteroatoms. The topological polar surface area (TPSA) is 42.3 Å². The van der Waals surface area contributed by atoms with Gasteiger partial charge < -0.3 is 9.47 Å². The molecule has 0 atom stereocenters. The number of likely N-dealkylation sites (tertiary alicyclic amines) is 1. The molecule has 1 saturated heterocycles. The van der Waals surface area contributed by atoms with Crippen molar-refractivity contribution in [2.75, 3.05) is 13.1 Å². The Labute approximate surface area is 178 Å². The number of Topliss-reactive ketones (excluding diaryl/α,β-unsaturated/α-hetero) is 1. The van der Waals surface area contributed by atoms with E-state index < -0.39 is 0 Å². The highest BCUT2D eigenvalue weighted by molar-refractivity contribution is 5.98. The zero-order chi connectivity index (χ0) is 21.3. The summed E-state index contributed by atoms with van der Waals surface area (Å²) < 4.78 is 2.18. The van der Waals surface area contributed by atoms with Crippen molar-refractivity contribution in [1.29, 1.82) is 0 Å². The summed E-state index contributed by atoms with van der Waals surface area (Å²) in [4.78, 5) is 27.6. The van der Waals surface area contributed by atoms with Crippen LogP contribution in [0.15, 0.2) is 60.7 Å². The van der Waals surface area contributed by atoms with Crippen LogP contribution in [0.3, 0.4) is 0 Å². The number of carbonyl (C=O) groups excluding carboxylic acids is 2. The molecule has 0 saturated carbocycles. The zero-order valence-electron chi connectivity index (χ0n) is 17.9. The fraction of sp³-hybridized carbons (Fsp3) is 0.308. The second kappa shape index (κ2) is 8.31. The Morgan fingerprint density at radius 3 is 1.83 bits per heavy atom. The standard InChI is InChI=1S/C26H28N2O2/c1-18-4-8-21(9-5-18)25(29)22-14-16-27(17-15-22)26(30)23-10-12-24(13-11-23)28-19(2)6-7-20(28)3/h4-13,22H,14-17H2,1-3H3. The molecule has 1 aliphatic heterocycles. The number of carbonyl (C=O) groups is 2. The highest BCUT2D eigenvalue weighted by Crippen LogP contribution is 2.24. The molecule has 0 spiro atoms. The lowest BCUT2D eigenvalue weighted by Gasteiger charge is -2.31. The van der Waals surface area contributed by atoms with Gasteiger partial charge in [0, 0.05) is 47.2 Å². The Bertz CT molecular complexity index is 1030. The molecule has 0 aliphatic carbocycles. The third-order valence-electron chi connectivity index (χ3n) is 6.13. The molecule has 4 rings (SSSR count). The minimum absolute atomic E-state index is 0.00109. The summed E-state index contributed by atoms with van der Waals surface area (Å²) in [7, 11) is 0. The van der Waals surface area contributed by atoms with Crippen molar-refractivity contribution in [3.63, 3.8) is 0 Å². The highest BCUT2D eigenvalue weighted by Gasteiger charge is 2.28. The molecule has 30 heavy (non-hydrogen) atoms. The zero-order valence-corrected chi connectivity index (χ0v) is 17.9. The number of benzene rings is 2. The molecule has 1 amide bonds. The number of ketones is 1. The molecule has 1 aliphatic rings. The van der Waals surface area contributed by atoms with Gasteiger partial charge in [0.15, 0.2) is 5.78 Å². The van der Waals surface area contributed by atoms with Gasteiger partial charge in [-0.2, -0.15) is 0 Å². The first-order valence-electron chi connectivity index (χ1n) is 10.6. The Morgan fingerprint density at radius 2 is 1.27 bits per heavy atom. The molecule has 1 aromatic heterocycles. The molecule has 0 bridgehead atoms. The van der Waals surface area contributed by atoms with Crippen LogP contribution in [0, 0.1) is 26.7 Å². The van der Waals surface area contributed by atoms with Gasteiger partial charge in [-0.25, -0.2) is 0 Å². The van der Waals surface area contributed by atoms with E-state index in [-0.39, 0.29) is 17.6 Å². The first-order chi connectivity index (χ1) is 14.4. The number of aromatic nitrogens is 1. The predicted octanol–water partition coefficient (Wildman–Crippen LogP) is 5.14. The SMILES string of the molecule is Cc1ccc(C(=O)C2CCN(C(=O)c3ccc(-n4c(C)ccc4C)cc3)CC2)cc1. The molecule has 4 nitrogen and oxygen atoms in total. The maximum Gasteiger partial charge on any atom is 0.253 e. The van der Waals surface area contributed by atoms with E-state index in [0.717, 1.165) is 29.7 Å². The van der Waals surface area contributed by atoms with Crippen LogP contribution in [0.1, 0.15) is 50.5 Å². The summed E-state index contributed by atoms with van der Waals surface area (Å²) in [5.41, 5.74) is 6.04. The molecule has 0 radical (unpaired) electrons. The number of rotatable bonds is 4. The van der Waals surface area contributed by atoms with Crippen LogP contribution in [0.25, 0.3) is 5.69 Å². The van der Waals surface area contributed by atoms with Gasteiger partial charge in [0.2, 0.25) is 0 Å². The Morgan fingerprint density at radius 1 is 0.733 bits per heavy atom. The number of amides is 1. The van der Waals surface area contributed by atoms with Crippen LogP contribution >= 0.6 is 0 Å². The normalized spacial score (nSPS) is 14.7. The summed E-state index contributed by atoms with van der Waals surface area (Å²) in [5.74, 6) is 0.242. The van der Waals surface area contributed by atoms with Crippen molar-refractivity contribution in [2.24, 2.45) is 5.92 Å². The van der Waals surface area contributed by atoms with Gasteiger partial charge in [-0.15, -0.1) is 0 Å². The lowest BCUT2D eigenvalue weighted by atomic mass is 9.88. The van der Waals surface area contributed by atoms with E-state index in [4.69, 9.17) is 0 Å². The van der Waals surface area contributed by atoms with Gasteiger partial charge in [0.05, 0.1) is 0 Å². The monoisotopic (exact) mass is 400 g/mol. The van der Waals surface area contributed by atoms with E-state index in [2.05, 4.69) is 30.5 Å². The molecular formula is C26H28N2O2. The molecule has 2 heterocycles. The predicted molar refractivity (Wildman–Crippen MR) is 119 cm³/mol. The number of nitrogens with zero attached hydrogens (tertiary/aromatic N) is 2. The minimum Gasteiger partial charge on any atom is -0.339 e. The Balaban J connectivity index is 1.39. The fourth-order valence-corrected chi connectivity index (χ4v) is 4.31. The maximum absolute atomic E-state index is 12.9. The number of hydrogen-bond acceptors (Lipinski definition) is 2. The molecule has 0 N–H and O–H groups in total. The second-order valence-corrected chi connectivity index (χ2v) is 8.30. The largest absolute Gasteiger partial charge is 0.339 e. The first-order valence-corrected chi connectivity index (χ1v) is 10.6. The number of piperidine rings is 1. The molecule has 3 aromatic rings. The smallest absolute Gasteiger partial charge is 0.253 e. The maximum atomic E-state index is 12.9. The van der Waals surface area contributed by atoms with Crippen LogP contribution in [0.2, 0.25) is 0 Å². The van der Waals surface area contributed by atoms with Crippen molar-refractivity contribution in [3.8, 4) is 5.69 Å². The van der Waals surface area contributed by atoms with Crippen molar-refractivity contribution in [3.05, 3.63) is 88.7 Å². The average Bonchev–Trinajstić information content (AvgIpc) is 3.11. The van der Waals surface area contributed by atoms with Crippen LogP contribution in [0.5, 0.6) is 0 Å². The Hall–Kier alpha value is -3.14. The lowest BCUT2D eigenvalue weighted by Crippen LogP contribution is -2.40. The van der Waals surface area contributed by atoms with Crippen molar-refractivity contribution in [2.45, 2.75) is 33.6 Å². The summed E-state index contributed by atoms with van der Waals surface area (Å²) in [6.45, 7) is 7.42. The van der Waals surface area contributed by atoms with E-state index in [0.29, 0.717) is 18.7 Å². The molecule has 2 aromatic carbocycles. The van der Waals surface area contributed by atoms with Crippen LogP contribution in [0.4, 0.5) is 0 Å². The number of aryl methyl sites for hydroxylation is 3. The average molecular weight is 401 g/mol. The quantitative estimate of drug-likeness (QED) is 0.569. The van der Waals surface area contributed by atoms with Crippen molar-refractivity contribution >= 4 is 11.7 Å². The molecule has 154 valence electrons. The van der Waals surface area contributed by atoms with Crippen molar-refractivity contribution < 1.29 is 9.59 Å². The molecular weight excluding hydrogens is 372 g/mol. The van der Waals surface area contributed by atoms with Gasteiger partial charge in [-0.3, -0.25) is 9.59 Å². The van der Waals surface area contributed by atoms with Crippen LogP contribution in [-0.2, 0) is 0 Å². The minimum atomic E-state index is -0.00109. The second-order valence-electron chi connectivity index (χ2n) is 8.30. The summed E-state index contributed by atoms with van der Waals surface area (Å²) in [5, 5.41) is 0. The summed E-state index contributed by atoms with van der Waals surface area (Å²) >= 11 is 0. The lowest BCUT2D eigenvalue weighted by molar-refractivity contribution is 0.0650. The highest BCUT2D eigenvalue weighted by atomic mass is 16.2. The van der Waals surface area contributed by atoms with Crippen LogP contribution in [-0.4, -0.2) is 34.2 Å². The number of hydrogen-bond donors (Lipinski definition) is 0. The summed E-state index contributed by atoms with van der Waals surface area (Å²) in [6, 6.07) is 19.8. The van der Waals surface area contributed by atoms with E-state index in [9.17, 15) is 9.59 Å². The Kier molecular flexibility index (Phi) is 5.58. The van der Waals surface area contributed by atoms with E-state index in [1.54, 1.807) is 0 Å². The van der Waals surface area contributed by atoms with Crippen LogP contribution < -0.4 is 0 Å². The van der Waals surface area contributed by atoms with Gasteiger partial charge in [-0.05, 0) is 70.0 Å². The van der Waals surface area contributed by atoms with E-state index >= 15 is 0 Å². The van der Waals surface area contributed by atoms with Crippen molar-refractivity contribution in [1.82, 2.24) is 9.47 Å². The van der Waals surface area contributed by atoms with E-state index in [1.807, 2.05) is 60.4 Å². The van der Waals surface area contributed by atoms with Gasteiger partial charge in [0.1, 0.15) is 0 Å². The third-order valence-corrected chi connectivity index (χ3v) is 6.13. The van der Waals surface area contributed by atoms with Gasteiger partial charge >= 0.3 is 0 Å². The first kappa shape index (κ1) is 20.1. The third kappa shape index (κ3) is 3.95. The fourth-order valence-electron chi connectivity index (χ4n) is 4.31. The van der Waals surface area contributed by atoms with E-state index in [1.165, 1.54) is 11.4 Å². The molecule has 1 fully saturated rings. The van der Waals surface area contributed by atoms with Gasteiger partial charge in [0.25, 0.3) is 5.91 Å². The van der Waals surface area contributed by atoms with Gasteiger partial charge in [-0.1, -0.05) is 29.8 Å². The summed E-state index contributed by atoms with van der Waals surface area (Å²) in [6.07, 6.45) is 1.44.